The van der Waals surface area contributed by atoms with Crippen molar-refractivity contribution in [2.75, 3.05) is 6.61 Å². The summed E-state index contributed by atoms with van der Waals surface area (Å²) in [6.07, 6.45) is 4.70. The molecule has 0 aromatic heterocycles. The molecule has 0 radical (unpaired) electrons. The molecule has 9 nitrogen and oxygen atoms in total. The maximum Gasteiger partial charge on any atom is 0.330 e. The van der Waals surface area contributed by atoms with Crippen LogP contribution in [-0.4, -0.2) is 47.1 Å². The topological polar surface area (TPSA) is 122 Å². The third-order valence-electron chi connectivity index (χ3n) is 6.09. The Labute approximate surface area is 202 Å². The summed E-state index contributed by atoms with van der Waals surface area (Å²) >= 11 is 0. The lowest BCUT2D eigenvalue weighted by atomic mass is 9.85. The maximum atomic E-state index is 13.1. The normalized spacial score (nSPS) is 19.6. The number of fused-ring (bicyclic) bond motifs is 1. The monoisotopic (exact) mass is 475 g/mol. The predicted molar refractivity (Wildman–Crippen MR) is 124 cm³/mol. The van der Waals surface area contributed by atoms with Gasteiger partial charge >= 0.3 is 5.97 Å². The number of nitrogens with one attached hydrogen (secondary N) is 2. The number of hydrogen-bond acceptors (Lipinski definition) is 6. The number of carbonyl (C=O) groups is 5. The molecule has 0 unspecified atom stereocenters. The van der Waals surface area contributed by atoms with Gasteiger partial charge in [-0.25, -0.2) is 4.79 Å². The molecule has 180 valence electrons. The van der Waals surface area contributed by atoms with E-state index < -0.39 is 54.1 Å². The van der Waals surface area contributed by atoms with Gasteiger partial charge in [-0.2, -0.15) is 0 Å². The van der Waals surface area contributed by atoms with Gasteiger partial charge in [0.1, 0.15) is 6.04 Å². The summed E-state index contributed by atoms with van der Waals surface area (Å²) < 4.78 is 5.17. The molecular weight excluding hydrogens is 450 g/mol. The Morgan fingerprint density at radius 2 is 1.43 bits per heavy atom. The zero-order valence-corrected chi connectivity index (χ0v) is 18.9. The summed E-state index contributed by atoms with van der Waals surface area (Å²) in [7, 11) is 0. The molecule has 9 heteroatoms. The number of hydrazine groups is 1. The maximum absolute atomic E-state index is 13.1. The van der Waals surface area contributed by atoms with E-state index >= 15 is 0 Å². The van der Waals surface area contributed by atoms with E-state index in [0.29, 0.717) is 18.4 Å². The number of esters is 1. The van der Waals surface area contributed by atoms with Crippen LogP contribution in [-0.2, 0) is 30.3 Å². The Morgan fingerprint density at radius 1 is 0.857 bits per heavy atom. The molecule has 2 N–H and O–H groups in total. The van der Waals surface area contributed by atoms with Crippen LogP contribution in [0.2, 0.25) is 0 Å². The van der Waals surface area contributed by atoms with Crippen molar-refractivity contribution < 1.29 is 28.7 Å². The van der Waals surface area contributed by atoms with Crippen LogP contribution < -0.4 is 10.9 Å². The highest BCUT2D eigenvalue weighted by molar-refractivity contribution is 6.08. The number of hydrogen-bond donors (Lipinski definition) is 2. The van der Waals surface area contributed by atoms with E-state index in [9.17, 15) is 24.0 Å². The number of rotatable bonds is 7. The Bertz CT molecular complexity index is 1120. The van der Waals surface area contributed by atoms with E-state index in [0.717, 1.165) is 10.5 Å². The number of likely N-dealkylation sites (tertiary alicyclic amines) is 1. The zero-order valence-electron chi connectivity index (χ0n) is 18.9. The van der Waals surface area contributed by atoms with Crippen LogP contribution in [0.3, 0.4) is 0 Å². The molecular formula is C26H25N3O6. The van der Waals surface area contributed by atoms with E-state index in [4.69, 9.17) is 4.74 Å². The highest BCUT2D eigenvalue weighted by atomic mass is 16.5. The van der Waals surface area contributed by atoms with Crippen LogP contribution >= 0.6 is 0 Å². The molecule has 2 aromatic carbocycles. The number of nitrogens with zero attached hydrogens (tertiary/aromatic N) is 1. The van der Waals surface area contributed by atoms with Gasteiger partial charge in [-0.15, -0.1) is 0 Å². The van der Waals surface area contributed by atoms with Crippen molar-refractivity contribution in [1.29, 1.82) is 0 Å². The van der Waals surface area contributed by atoms with Crippen molar-refractivity contribution in [3.05, 3.63) is 83.9 Å². The summed E-state index contributed by atoms with van der Waals surface area (Å²) in [4.78, 5) is 64.4. The van der Waals surface area contributed by atoms with Gasteiger partial charge in [0.25, 0.3) is 11.8 Å². The third-order valence-corrected chi connectivity index (χ3v) is 6.09. The summed E-state index contributed by atoms with van der Waals surface area (Å²) in [6.45, 7) is -0.691. The van der Waals surface area contributed by atoms with Crippen LogP contribution in [0.5, 0.6) is 0 Å². The molecule has 2 aromatic rings. The number of ether oxygens (including phenoxy) is 1. The molecule has 4 rings (SSSR count). The quantitative estimate of drug-likeness (QED) is 0.271. The van der Waals surface area contributed by atoms with Crippen LogP contribution in [0.4, 0.5) is 0 Å². The van der Waals surface area contributed by atoms with Gasteiger partial charge in [0.05, 0.1) is 11.8 Å². The number of allylic oxidation sites excluding steroid dienone is 2. The highest BCUT2D eigenvalue weighted by Crippen LogP contribution is 2.36. The van der Waals surface area contributed by atoms with Crippen molar-refractivity contribution in [3.63, 3.8) is 0 Å². The van der Waals surface area contributed by atoms with Gasteiger partial charge in [0, 0.05) is 12.0 Å². The Hall–Kier alpha value is -4.27. The molecule has 0 saturated carbocycles. The molecule has 35 heavy (non-hydrogen) atoms. The van der Waals surface area contributed by atoms with Gasteiger partial charge in [-0.1, -0.05) is 60.7 Å². The molecule has 0 spiro atoms. The number of amides is 4. The van der Waals surface area contributed by atoms with E-state index in [-0.39, 0.29) is 6.42 Å². The molecule has 1 saturated heterocycles. The van der Waals surface area contributed by atoms with E-state index in [2.05, 4.69) is 10.9 Å². The fourth-order valence-electron chi connectivity index (χ4n) is 4.31. The predicted octanol–water partition coefficient (Wildman–Crippen LogP) is 1.55. The van der Waals surface area contributed by atoms with Crippen LogP contribution in [0, 0.1) is 11.8 Å². The lowest BCUT2D eigenvalue weighted by Crippen LogP contribution is -2.49. The molecule has 4 amide bonds. The minimum absolute atomic E-state index is 0.0659. The summed E-state index contributed by atoms with van der Waals surface area (Å²) in [5, 5.41) is 0. The van der Waals surface area contributed by atoms with Gasteiger partial charge in [-0.05, 0) is 30.5 Å². The van der Waals surface area contributed by atoms with Crippen molar-refractivity contribution in [1.82, 2.24) is 15.8 Å². The first kappa shape index (κ1) is 23.9. The molecule has 3 atom stereocenters. The molecule has 1 aliphatic heterocycles. The molecule has 1 heterocycles. The van der Waals surface area contributed by atoms with Crippen molar-refractivity contribution in [2.24, 2.45) is 11.8 Å². The van der Waals surface area contributed by atoms with Gasteiger partial charge in [-0.3, -0.25) is 34.9 Å². The van der Waals surface area contributed by atoms with Gasteiger partial charge in [0.15, 0.2) is 6.61 Å². The van der Waals surface area contributed by atoms with Crippen LogP contribution in [0.1, 0.15) is 28.8 Å². The second-order valence-corrected chi connectivity index (χ2v) is 8.38. The highest BCUT2D eigenvalue weighted by Gasteiger charge is 2.51. The van der Waals surface area contributed by atoms with Crippen LogP contribution in [0.25, 0.3) is 0 Å². The van der Waals surface area contributed by atoms with Crippen LogP contribution in [0.15, 0.2) is 72.8 Å². The molecule has 2 aliphatic rings. The average molecular weight is 476 g/mol. The van der Waals surface area contributed by atoms with Crippen molar-refractivity contribution in [3.8, 4) is 0 Å². The van der Waals surface area contributed by atoms with Gasteiger partial charge in [0.2, 0.25) is 11.8 Å². The molecule has 1 fully saturated rings. The van der Waals surface area contributed by atoms with Gasteiger partial charge < -0.3 is 4.74 Å². The summed E-state index contributed by atoms with van der Waals surface area (Å²) in [5.41, 5.74) is 5.50. The standard InChI is InChI=1S/C26H25N3O6/c30-22(27-28-23(31)18-11-5-2-6-12-18)16-35-26(34)21(15-17-9-3-1-4-10-17)29-24(32)19-13-7-8-14-20(19)25(29)33/h1-12,19-21H,13-16H2,(H,27,30)(H,28,31)/t19-,20+,21-/m0/s1. The lowest BCUT2D eigenvalue weighted by molar-refractivity contribution is -0.160. The fraction of sp³-hybridized carbons (Fsp3) is 0.269. The first-order valence-electron chi connectivity index (χ1n) is 11.3. The second-order valence-electron chi connectivity index (χ2n) is 8.38. The second kappa shape index (κ2) is 10.8. The van der Waals surface area contributed by atoms with Crippen molar-refractivity contribution >= 4 is 29.6 Å². The minimum atomic E-state index is -1.20. The molecule has 1 aliphatic carbocycles. The summed E-state index contributed by atoms with van der Waals surface area (Å²) in [5.74, 6) is -3.95. The molecule has 0 bridgehead atoms. The van der Waals surface area contributed by atoms with E-state index in [1.807, 2.05) is 18.2 Å². The first-order valence-corrected chi connectivity index (χ1v) is 11.3. The lowest BCUT2D eigenvalue weighted by Gasteiger charge is -2.25. The Morgan fingerprint density at radius 3 is 2.03 bits per heavy atom. The van der Waals surface area contributed by atoms with E-state index in [1.165, 1.54) is 0 Å². The number of imide groups is 1. The van der Waals surface area contributed by atoms with E-state index in [1.54, 1.807) is 54.6 Å². The zero-order chi connectivity index (χ0) is 24.8. The minimum Gasteiger partial charge on any atom is -0.454 e. The smallest absolute Gasteiger partial charge is 0.330 e. The largest absolute Gasteiger partial charge is 0.454 e. The SMILES string of the molecule is O=C(COC(=O)[C@H](Cc1ccccc1)N1C(=O)[C@H]2CC=CC[C@H]2C1=O)NNC(=O)c1ccccc1. The first-order chi connectivity index (χ1) is 17.0. The average Bonchev–Trinajstić information content (AvgIpc) is 3.15. The Kier molecular flexibility index (Phi) is 7.35. The fourth-order valence-corrected chi connectivity index (χ4v) is 4.31. The Balaban J connectivity index is 1.41. The van der Waals surface area contributed by atoms with Crippen molar-refractivity contribution in [2.45, 2.75) is 25.3 Å². The third kappa shape index (κ3) is 5.46. The number of benzene rings is 2. The summed E-state index contributed by atoms with van der Waals surface area (Å²) in [6, 6.07) is 16.0. The number of carbonyl (C=O) groups excluding carboxylic acids is 5.